The number of ether oxygens (including phenoxy) is 1. The lowest BCUT2D eigenvalue weighted by molar-refractivity contribution is -0.0585. The van der Waals surface area contributed by atoms with Gasteiger partial charge in [-0.05, 0) is 84.0 Å². The van der Waals surface area contributed by atoms with Gasteiger partial charge in [-0.15, -0.1) is 11.8 Å². The largest absolute Gasteiger partial charge is 0.492 e. The average molecular weight is 883 g/mol. The zero-order valence-electron chi connectivity index (χ0n) is 34.3. The minimum Gasteiger partial charge on any atom is -0.387 e. The van der Waals surface area contributed by atoms with Gasteiger partial charge >= 0.3 is 29.2 Å². The molecule has 0 spiro atoms. The lowest BCUT2D eigenvalue weighted by atomic mass is 10.1. The number of rotatable bonds is 23. The molecule has 2 saturated heterocycles. The molecule has 1 aromatic rings. The minimum absolute atomic E-state index is 0.0906. The molecule has 1 aromatic heterocycles. The normalized spacial score (nSPS) is 27.5. The summed E-state index contributed by atoms with van der Waals surface area (Å²) in [5.74, 6) is 0. The highest BCUT2D eigenvalue weighted by molar-refractivity contribution is 7.98. The molecular formula is C34H69N4O14P3S. The monoisotopic (exact) mass is 882 g/mol. The lowest BCUT2D eigenvalue weighted by Crippen LogP contribution is -2.38. The van der Waals surface area contributed by atoms with E-state index >= 15 is 0 Å². The molecule has 0 bridgehead atoms. The minimum atomic E-state index is -5.26. The Morgan fingerprint density at radius 1 is 0.714 bits per heavy atom. The predicted molar refractivity (Wildman–Crippen MR) is 218 cm³/mol. The van der Waals surface area contributed by atoms with Crippen molar-refractivity contribution in [3.63, 3.8) is 0 Å². The molecule has 2 aliphatic heterocycles. The molecule has 0 aromatic carbocycles. The van der Waals surface area contributed by atoms with Crippen molar-refractivity contribution in [2.75, 3.05) is 52.1 Å². The van der Waals surface area contributed by atoms with Gasteiger partial charge in [-0.2, -0.15) is 12.9 Å². The third-order valence-electron chi connectivity index (χ3n) is 8.72. The molecule has 5 N–H and O–H groups in total. The van der Waals surface area contributed by atoms with Gasteiger partial charge in [0.25, 0.3) is 5.56 Å². The first-order chi connectivity index (χ1) is 26.4. The van der Waals surface area contributed by atoms with Crippen molar-refractivity contribution in [2.24, 2.45) is 0 Å². The van der Waals surface area contributed by atoms with Crippen LogP contribution in [0.15, 0.2) is 20.7 Å². The van der Waals surface area contributed by atoms with Crippen molar-refractivity contribution in [2.45, 2.75) is 148 Å². The number of aromatic nitrogens is 2. The van der Waals surface area contributed by atoms with Crippen molar-refractivity contribution in [3.8, 4) is 0 Å². The number of phosphoric acid groups is 3. The molecule has 22 heteroatoms. The summed E-state index contributed by atoms with van der Waals surface area (Å²) >= 11 is 0.973. The van der Waals surface area contributed by atoms with Gasteiger partial charge in [0.2, 0.25) is 0 Å². The van der Waals surface area contributed by atoms with Gasteiger partial charge in [-0.3, -0.25) is 18.9 Å². The first kappa shape index (κ1) is 53.3. The summed E-state index contributed by atoms with van der Waals surface area (Å²) in [6.45, 7) is 20.6. The van der Waals surface area contributed by atoms with Crippen LogP contribution < -0.4 is 11.2 Å². The number of hydrogen-bond acceptors (Lipinski definition) is 15. The summed E-state index contributed by atoms with van der Waals surface area (Å²) in [6, 6.07) is 1.05. The zero-order chi connectivity index (χ0) is 42.4. The SMILES string of the molecule is CCCCN(CCCC)CCCC.CCCCN(CCCC)CCCC.CSc1cc(=O)[nH]c(=O)n1[C@@H]1O[C@H](COP2(=O)OP(=O)(O)OP(=O)(O)O2)[C@@H](O)[C@H]1O. The first-order valence-corrected chi connectivity index (χ1v) is 25.5. The second kappa shape index (κ2) is 27.9. The summed E-state index contributed by atoms with van der Waals surface area (Å²) in [5.41, 5.74) is -1.65. The molecule has 2 unspecified atom stereocenters. The number of aliphatic hydroxyl groups excluding tert-OH is 2. The fraction of sp³-hybridized carbons (Fsp3) is 0.882. The topological polar surface area (TPSA) is 240 Å². The molecule has 330 valence electrons. The molecule has 6 atom stereocenters. The fourth-order valence-electron chi connectivity index (χ4n) is 5.56. The summed E-state index contributed by atoms with van der Waals surface area (Å²) in [4.78, 5) is 49.2. The van der Waals surface area contributed by atoms with Crippen LogP contribution in [-0.4, -0.2) is 110 Å². The highest BCUT2D eigenvalue weighted by atomic mass is 32.2. The standard InChI is InChI=1S/2C12H27N.C10H15N2O14P3S/c2*1-4-7-10-13(11-8-5-2)12-9-6-3;1-30-6-2-5(13)11-10(16)12(6)9-8(15)7(14)4(23-9)3-22-29(21)25-27(17,18)24-28(19,20)26-29/h2*4-12H2,1-3H3;2,4,7-9,14-15H,3H2,1H3,(H,17,18)(H,19,20)(H,11,13,16)/t;;4-,7-,8-,9-/m..1/s1. The Morgan fingerprint density at radius 3 is 1.46 bits per heavy atom. The average Bonchev–Trinajstić information content (AvgIpc) is 3.40. The maximum Gasteiger partial charge on any atom is 0.492 e. The fourth-order valence-corrected chi connectivity index (χ4v) is 11.1. The predicted octanol–water partition coefficient (Wildman–Crippen LogP) is 6.64. The van der Waals surface area contributed by atoms with Gasteiger partial charge in [0.15, 0.2) is 6.23 Å². The van der Waals surface area contributed by atoms with E-state index in [-0.39, 0.29) is 5.03 Å². The van der Waals surface area contributed by atoms with E-state index in [1.165, 1.54) is 123 Å². The Kier molecular flexibility index (Phi) is 26.6. The maximum absolute atomic E-state index is 12.2. The molecule has 0 saturated carbocycles. The first-order valence-electron chi connectivity index (χ1n) is 19.9. The smallest absolute Gasteiger partial charge is 0.387 e. The summed E-state index contributed by atoms with van der Waals surface area (Å²) in [5, 5.41) is 20.5. The second-order valence-corrected chi connectivity index (χ2v) is 19.4. The van der Waals surface area contributed by atoms with Crippen LogP contribution >= 0.6 is 35.2 Å². The number of unbranched alkanes of at least 4 members (excludes halogenated alkanes) is 6. The van der Waals surface area contributed by atoms with Crippen LogP contribution in [0.1, 0.15) is 125 Å². The molecule has 0 amide bonds. The van der Waals surface area contributed by atoms with E-state index in [1.807, 2.05) is 4.98 Å². The third-order valence-corrected chi connectivity index (χ3v) is 14.8. The van der Waals surface area contributed by atoms with Crippen LogP contribution in [0.25, 0.3) is 0 Å². The number of thioether (sulfide) groups is 1. The quantitative estimate of drug-likeness (QED) is 0.0439. The molecule has 18 nitrogen and oxygen atoms in total. The third kappa shape index (κ3) is 20.0. The molecule has 2 aliphatic rings. The number of H-pyrrole nitrogens is 1. The van der Waals surface area contributed by atoms with Gasteiger partial charge in [0.1, 0.15) is 18.3 Å². The molecule has 2 fully saturated rings. The Morgan fingerprint density at radius 2 is 1.11 bits per heavy atom. The number of aromatic amines is 1. The number of hydrogen-bond donors (Lipinski definition) is 5. The summed E-state index contributed by atoms with van der Waals surface area (Å²) in [7, 11) is -15.6. The molecule has 3 heterocycles. The van der Waals surface area contributed by atoms with Crippen LogP contribution in [-0.2, 0) is 35.9 Å². The van der Waals surface area contributed by atoms with Crippen LogP contribution in [0.4, 0.5) is 0 Å². The van der Waals surface area contributed by atoms with Crippen molar-refractivity contribution < 1.29 is 55.9 Å². The van der Waals surface area contributed by atoms with E-state index < -0.39 is 65.9 Å². The van der Waals surface area contributed by atoms with Crippen LogP contribution in [0.2, 0.25) is 0 Å². The van der Waals surface area contributed by atoms with Gasteiger partial charge in [-0.25, -0.2) is 18.5 Å². The maximum atomic E-state index is 12.2. The van der Waals surface area contributed by atoms with E-state index in [2.05, 4.69) is 68.8 Å². The van der Waals surface area contributed by atoms with Gasteiger partial charge in [0.05, 0.1) is 11.6 Å². The Balaban J connectivity index is 0.000000501. The van der Waals surface area contributed by atoms with Gasteiger partial charge < -0.3 is 34.5 Å². The molecule has 56 heavy (non-hydrogen) atoms. The van der Waals surface area contributed by atoms with E-state index in [9.17, 15) is 43.3 Å². The number of nitrogens with zero attached hydrogens (tertiary/aromatic N) is 3. The summed E-state index contributed by atoms with van der Waals surface area (Å²) in [6.07, 6.45) is 11.2. The van der Waals surface area contributed by atoms with E-state index in [0.717, 1.165) is 22.4 Å². The van der Waals surface area contributed by atoms with Crippen LogP contribution in [0.5, 0.6) is 0 Å². The van der Waals surface area contributed by atoms with Crippen molar-refractivity contribution in [1.29, 1.82) is 0 Å². The van der Waals surface area contributed by atoms with Crippen LogP contribution in [0.3, 0.4) is 0 Å². The van der Waals surface area contributed by atoms with Crippen molar-refractivity contribution in [3.05, 3.63) is 26.9 Å². The molecule has 3 rings (SSSR count). The lowest BCUT2D eigenvalue weighted by Gasteiger charge is -2.27. The van der Waals surface area contributed by atoms with E-state index in [4.69, 9.17) is 4.74 Å². The highest BCUT2D eigenvalue weighted by Gasteiger charge is 2.55. The zero-order valence-corrected chi connectivity index (χ0v) is 37.8. The molecular weight excluding hydrogens is 813 g/mol. The number of aliphatic hydroxyl groups is 2. The summed E-state index contributed by atoms with van der Waals surface area (Å²) < 4.78 is 57.8. The van der Waals surface area contributed by atoms with Crippen LogP contribution in [0, 0.1) is 0 Å². The second-order valence-electron chi connectivity index (χ2n) is 13.6. The molecule has 0 radical (unpaired) electrons. The van der Waals surface area contributed by atoms with Crippen molar-refractivity contribution >= 4 is 35.2 Å². The number of nitrogens with one attached hydrogen (secondary N) is 1. The van der Waals surface area contributed by atoms with E-state index in [0.29, 0.717) is 0 Å². The van der Waals surface area contributed by atoms with Gasteiger partial charge in [0, 0.05) is 6.07 Å². The molecule has 0 aliphatic carbocycles. The van der Waals surface area contributed by atoms with E-state index in [1.54, 1.807) is 0 Å². The Hall–Kier alpha value is -0.720. The highest BCUT2D eigenvalue weighted by Crippen LogP contribution is 2.80. The Bertz CT molecular complexity index is 1410. The van der Waals surface area contributed by atoms with Crippen molar-refractivity contribution in [1.82, 2.24) is 19.4 Å². The Labute approximate surface area is 336 Å². The van der Waals surface area contributed by atoms with Gasteiger partial charge in [-0.1, -0.05) is 80.1 Å².